The summed E-state index contributed by atoms with van der Waals surface area (Å²) in [6.45, 7) is 0.754. The van der Waals surface area contributed by atoms with Crippen LogP contribution in [0.3, 0.4) is 0 Å². The maximum Gasteiger partial charge on any atom is 0.573 e. The monoisotopic (exact) mass is 366 g/mol. The zero-order chi connectivity index (χ0) is 18.9. The molecule has 1 heterocycles. The summed E-state index contributed by atoms with van der Waals surface area (Å²) >= 11 is 0. The molecule has 1 aromatic heterocycles. The molecule has 0 bridgehead atoms. The van der Waals surface area contributed by atoms with Crippen molar-refractivity contribution in [2.24, 2.45) is 0 Å². The van der Waals surface area contributed by atoms with Crippen molar-refractivity contribution >= 4 is 10.9 Å². The lowest BCUT2D eigenvalue weighted by Gasteiger charge is -2.10. The molecule has 1 radical (unpaired) electrons. The van der Waals surface area contributed by atoms with Gasteiger partial charge in [-0.1, -0.05) is 48.5 Å². The van der Waals surface area contributed by atoms with Gasteiger partial charge in [0.2, 0.25) is 0 Å². The molecule has 0 saturated carbocycles. The van der Waals surface area contributed by atoms with Gasteiger partial charge in [0, 0.05) is 29.7 Å². The standard InChI is InChI=1S/C22H15F3NO/c23-22(24,25)27-20-9-6-17(7-10-20)18-8-11-21-19(14-18)12-13-26(21)15-16-4-2-1-3-5-16/h1-11,13-14H,15H2. The number of hydrogen-bond acceptors (Lipinski definition) is 1. The van der Waals surface area contributed by atoms with Crippen molar-refractivity contribution in [2.45, 2.75) is 12.9 Å². The van der Waals surface area contributed by atoms with Crippen LogP contribution in [0.1, 0.15) is 5.56 Å². The van der Waals surface area contributed by atoms with Crippen molar-refractivity contribution in [3.05, 3.63) is 90.6 Å². The Balaban J connectivity index is 1.59. The van der Waals surface area contributed by atoms with Gasteiger partial charge < -0.3 is 9.30 Å². The number of rotatable bonds is 4. The summed E-state index contributed by atoms with van der Waals surface area (Å²) in [7, 11) is 0. The van der Waals surface area contributed by atoms with Crippen LogP contribution >= 0.6 is 0 Å². The minimum Gasteiger partial charge on any atom is -0.406 e. The van der Waals surface area contributed by atoms with E-state index in [1.807, 2.05) is 42.6 Å². The molecule has 2 nitrogen and oxygen atoms in total. The number of alkyl halides is 3. The second-order valence-electron chi connectivity index (χ2n) is 6.19. The summed E-state index contributed by atoms with van der Waals surface area (Å²) < 4.78 is 42.8. The Morgan fingerprint density at radius 3 is 2.26 bits per heavy atom. The molecule has 0 saturated heterocycles. The van der Waals surface area contributed by atoms with E-state index in [2.05, 4.69) is 27.5 Å². The molecule has 135 valence electrons. The summed E-state index contributed by atoms with van der Waals surface area (Å²) in [5.41, 5.74) is 3.98. The van der Waals surface area contributed by atoms with Gasteiger partial charge in [-0.05, 0) is 41.0 Å². The predicted octanol–water partition coefficient (Wildman–Crippen LogP) is 6.06. The normalized spacial score (nSPS) is 11.7. The predicted molar refractivity (Wildman–Crippen MR) is 98.4 cm³/mol. The van der Waals surface area contributed by atoms with E-state index in [1.165, 1.54) is 17.7 Å². The highest BCUT2D eigenvalue weighted by atomic mass is 19.4. The third-order valence-corrected chi connectivity index (χ3v) is 4.30. The molecule has 0 aliphatic carbocycles. The molecule has 0 unspecified atom stereocenters. The van der Waals surface area contributed by atoms with Crippen LogP contribution in [0.25, 0.3) is 22.0 Å². The van der Waals surface area contributed by atoms with Crippen molar-refractivity contribution in [1.82, 2.24) is 4.57 Å². The van der Waals surface area contributed by atoms with Gasteiger partial charge in [-0.2, -0.15) is 0 Å². The van der Waals surface area contributed by atoms with Gasteiger partial charge in [0.05, 0.1) is 0 Å². The van der Waals surface area contributed by atoms with E-state index >= 15 is 0 Å². The maximum absolute atomic E-state index is 12.3. The Kier molecular flexibility index (Phi) is 4.36. The number of fused-ring (bicyclic) bond motifs is 1. The molecule has 0 amide bonds. The molecule has 0 spiro atoms. The van der Waals surface area contributed by atoms with Crippen molar-refractivity contribution < 1.29 is 17.9 Å². The Morgan fingerprint density at radius 1 is 0.852 bits per heavy atom. The van der Waals surface area contributed by atoms with Crippen molar-refractivity contribution in [2.75, 3.05) is 0 Å². The van der Waals surface area contributed by atoms with Crippen molar-refractivity contribution in [1.29, 1.82) is 0 Å². The molecule has 4 aromatic rings. The molecule has 3 aromatic carbocycles. The average molecular weight is 366 g/mol. The fourth-order valence-corrected chi connectivity index (χ4v) is 3.06. The highest BCUT2D eigenvalue weighted by Crippen LogP contribution is 2.29. The molecule has 27 heavy (non-hydrogen) atoms. The Bertz CT molecular complexity index is 1050. The van der Waals surface area contributed by atoms with E-state index in [-0.39, 0.29) is 5.75 Å². The second-order valence-corrected chi connectivity index (χ2v) is 6.19. The van der Waals surface area contributed by atoms with Crippen LogP contribution in [-0.4, -0.2) is 10.9 Å². The summed E-state index contributed by atoms with van der Waals surface area (Å²) in [6, 6.07) is 25.2. The van der Waals surface area contributed by atoms with Crippen LogP contribution in [-0.2, 0) is 6.54 Å². The Labute approximate surface area is 154 Å². The average Bonchev–Trinajstić information content (AvgIpc) is 3.04. The molecule has 0 aliphatic heterocycles. The number of aromatic nitrogens is 1. The lowest BCUT2D eigenvalue weighted by Crippen LogP contribution is -2.16. The number of benzene rings is 3. The van der Waals surface area contributed by atoms with E-state index in [1.54, 1.807) is 12.1 Å². The summed E-state index contributed by atoms with van der Waals surface area (Å²) in [6.07, 6.45) is -2.77. The van der Waals surface area contributed by atoms with Crippen LogP contribution in [0, 0.1) is 6.07 Å². The third-order valence-electron chi connectivity index (χ3n) is 4.30. The summed E-state index contributed by atoms with van der Waals surface area (Å²) in [5.74, 6) is -0.229. The smallest absolute Gasteiger partial charge is 0.406 e. The number of ether oxygens (including phenoxy) is 1. The zero-order valence-corrected chi connectivity index (χ0v) is 14.2. The van der Waals surface area contributed by atoms with E-state index in [9.17, 15) is 13.2 Å². The highest BCUT2D eigenvalue weighted by molar-refractivity contribution is 5.85. The highest BCUT2D eigenvalue weighted by Gasteiger charge is 2.30. The first-order valence-electron chi connectivity index (χ1n) is 8.39. The molecular weight excluding hydrogens is 351 g/mol. The number of hydrogen-bond donors (Lipinski definition) is 0. The molecule has 4 rings (SSSR count). The lowest BCUT2D eigenvalue weighted by atomic mass is 10.0. The molecule has 5 heteroatoms. The minimum absolute atomic E-state index is 0.229. The van der Waals surface area contributed by atoms with Gasteiger partial charge >= 0.3 is 6.36 Å². The largest absolute Gasteiger partial charge is 0.573 e. The topological polar surface area (TPSA) is 14.2 Å². The Morgan fingerprint density at radius 2 is 1.56 bits per heavy atom. The van der Waals surface area contributed by atoms with Crippen LogP contribution < -0.4 is 4.74 Å². The fraction of sp³-hybridized carbons (Fsp3) is 0.0909. The van der Waals surface area contributed by atoms with Crippen LogP contribution in [0.4, 0.5) is 13.2 Å². The Hall–Kier alpha value is -3.21. The van der Waals surface area contributed by atoms with Crippen LogP contribution in [0.5, 0.6) is 5.75 Å². The minimum atomic E-state index is -4.68. The third kappa shape index (κ3) is 3.97. The van der Waals surface area contributed by atoms with Gasteiger partial charge in [-0.15, -0.1) is 13.2 Å². The van der Waals surface area contributed by atoms with Crippen molar-refractivity contribution in [3.63, 3.8) is 0 Å². The van der Waals surface area contributed by atoms with Gasteiger partial charge in [-0.25, -0.2) is 0 Å². The molecular formula is C22H15F3NO. The second kappa shape index (κ2) is 6.83. The van der Waals surface area contributed by atoms with E-state index in [4.69, 9.17) is 0 Å². The van der Waals surface area contributed by atoms with E-state index < -0.39 is 6.36 Å². The summed E-state index contributed by atoms with van der Waals surface area (Å²) in [5, 5.41) is 0.957. The SMILES string of the molecule is FC(F)(F)Oc1ccc(-c2ccc3c([c]cn3Cc3ccccc3)c2)cc1. The lowest BCUT2D eigenvalue weighted by molar-refractivity contribution is -0.274. The van der Waals surface area contributed by atoms with Gasteiger partial charge in [0.1, 0.15) is 5.75 Å². The quantitative estimate of drug-likeness (QED) is 0.428. The molecule has 0 aliphatic rings. The first kappa shape index (κ1) is 17.2. The molecule has 0 atom stereocenters. The van der Waals surface area contributed by atoms with Crippen LogP contribution in [0.15, 0.2) is 79.0 Å². The van der Waals surface area contributed by atoms with Gasteiger partial charge in [-0.3, -0.25) is 0 Å². The van der Waals surface area contributed by atoms with E-state index in [0.717, 1.165) is 28.6 Å². The first-order valence-corrected chi connectivity index (χ1v) is 8.39. The van der Waals surface area contributed by atoms with Gasteiger partial charge in [0.15, 0.2) is 0 Å². The first-order chi connectivity index (χ1) is 13.0. The van der Waals surface area contributed by atoms with Crippen LogP contribution in [0.2, 0.25) is 0 Å². The zero-order valence-electron chi connectivity index (χ0n) is 14.2. The fourth-order valence-electron chi connectivity index (χ4n) is 3.06. The molecule has 0 N–H and O–H groups in total. The van der Waals surface area contributed by atoms with E-state index in [0.29, 0.717) is 0 Å². The molecule has 0 fully saturated rings. The van der Waals surface area contributed by atoms with Gasteiger partial charge in [0.25, 0.3) is 0 Å². The maximum atomic E-state index is 12.3. The number of halogens is 3. The number of nitrogens with zero attached hydrogens (tertiary/aromatic N) is 1. The summed E-state index contributed by atoms with van der Waals surface area (Å²) in [4.78, 5) is 0. The van der Waals surface area contributed by atoms with Crippen molar-refractivity contribution in [3.8, 4) is 16.9 Å².